The minimum Gasteiger partial charge on any atom is -0.394 e. The number of ether oxygens (including phenoxy) is 1. The maximum atomic E-state index is 9.82. The van der Waals surface area contributed by atoms with Gasteiger partial charge < -0.3 is 45.3 Å². The Morgan fingerprint density at radius 1 is 1.04 bits per heavy atom. The van der Waals surface area contributed by atoms with Gasteiger partial charge in [-0.3, -0.25) is 0 Å². The molecule has 0 aliphatic carbocycles. The van der Waals surface area contributed by atoms with Gasteiger partial charge in [-0.2, -0.15) is 0 Å². The van der Waals surface area contributed by atoms with E-state index in [0.717, 1.165) is 6.42 Å². The molecule has 0 aromatic heterocycles. The van der Waals surface area contributed by atoms with Gasteiger partial charge in [0.25, 0.3) is 0 Å². The molecule has 5 unspecified atom stereocenters. The average Bonchev–Trinajstić information content (AvgIpc) is 2.52. The molecular weight excluding hydrogens is 308 g/mol. The van der Waals surface area contributed by atoms with Gasteiger partial charge in [-0.15, -0.1) is 0 Å². The largest absolute Gasteiger partial charge is 0.394 e. The van der Waals surface area contributed by atoms with Crippen LogP contribution in [0.25, 0.3) is 0 Å². The number of aliphatic imine (C=N–C) groups is 1. The van der Waals surface area contributed by atoms with Crippen LogP contribution in [0.4, 0.5) is 0 Å². The summed E-state index contributed by atoms with van der Waals surface area (Å²) >= 11 is 0. The highest BCUT2D eigenvalue weighted by molar-refractivity contribution is 5.22. The fourth-order valence-corrected chi connectivity index (χ4v) is 1.98. The van der Waals surface area contributed by atoms with Crippen molar-refractivity contribution >= 4 is 6.72 Å². The fourth-order valence-electron chi connectivity index (χ4n) is 1.98. The number of nitrogens with zero attached hydrogens (tertiary/aromatic N) is 2. The molecule has 0 spiro atoms. The molecule has 0 radical (unpaired) electrons. The topological polar surface area (TPSA) is 146 Å². The van der Waals surface area contributed by atoms with Crippen molar-refractivity contribution in [3.05, 3.63) is 0 Å². The first-order valence-electron chi connectivity index (χ1n) is 7.53. The zero-order valence-corrected chi connectivity index (χ0v) is 13.5. The van der Waals surface area contributed by atoms with Crippen LogP contribution in [0.1, 0.15) is 6.42 Å². The van der Waals surface area contributed by atoms with Gasteiger partial charge >= 0.3 is 0 Å². The van der Waals surface area contributed by atoms with Gasteiger partial charge in [0.2, 0.25) is 0 Å². The molecule has 23 heavy (non-hydrogen) atoms. The number of likely N-dealkylation sites (N-methyl/N-ethyl adjacent to an activating group) is 1. The molecule has 138 valence electrons. The highest BCUT2D eigenvalue weighted by Crippen LogP contribution is 2.06. The molecule has 9 heteroatoms. The van der Waals surface area contributed by atoms with E-state index in [9.17, 15) is 25.5 Å². The molecule has 0 aromatic carbocycles. The molecule has 0 bridgehead atoms. The van der Waals surface area contributed by atoms with Gasteiger partial charge in [-0.05, 0) is 20.2 Å². The zero-order valence-electron chi connectivity index (χ0n) is 13.5. The molecular formula is C14H30N2O7. The zero-order chi connectivity index (χ0) is 17.8. The summed E-state index contributed by atoms with van der Waals surface area (Å²) in [4.78, 5) is 5.24. The quantitative estimate of drug-likeness (QED) is 0.144. The van der Waals surface area contributed by atoms with E-state index in [2.05, 4.69) is 11.7 Å². The van der Waals surface area contributed by atoms with Crippen LogP contribution in [-0.4, -0.2) is 119 Å². The number of hydrogen-bond donors (Lipinski definition) is 6. The van der Waals surface area contributed by atoms with Crippen molar-refractivity contribution in [1.29, 1.82) is 0 Å². The lowest BCUT2D eigenvalue weighted by Gasteiger charge is -2.29. The van der Waals surface area contributed by atoms with Gasteiger partial charge in [0, 0.05) is 26.2 Å². The third kappa shape index (κ3) is 9.95. The van der Waals surface area contributed by atoms with Gasteiger partial charge in [0.15, 0.2) is 0 Å². The molecule has 0 aromatic rings. The molecule has 6 N–H and O–H groups in total. The molecule has 0 amide bonds. The van der Waals surface area contributed by atoms with E-state index in [1.54, 1.807) is 11.9 Å². The molecule has 0 heterocycles. The molecule has 0 fully saturated rings. The van der Waals surface area contributed by atoms with Gasteiger partial charge in [0.05, 0.1) is 25.4 Å². The SMILES string of the molecule is C=NCCCOCC(O)CN(C)CC(O)C(O)C(O)C(O)CO. The van der Waals surface area contributed by atoms with Crippen molar-refractivity contribution in [2.24, 2.45) is 4.99 Å². The minimum absolute atomic E-state index is 0.0339. The Morgan fingerprint density at radius 3 is 2.22 bits per heavy atom. The van der Waals surface area contributed by atoms with Crippen LogP contribution in [-0.2, 0) is 4.74 Å². The summed E-state index contributed by atoms with van der Waals surface area (Å²) in [5.41, 5.74) is 0. The van der Waals surface area contributed by atoms with Crippen molar-refractivity contribution in [2.45, 2.75) is 36.9 Å². The minimum atomic E-state index is -1.66. The average molecular weight is 338 g/mol. The molecule has 0 saturated heterocycles. The first kappa shape index (κ1) is 22.4. The highest BCUT2D eigenvalue weighted by atomic mass is 16.5. The second-order valence-electron chi connectivity index (χ2n) is 5.55. The standard InChI is InChI=1S/C14H30N2O7/c1-15-4-3-5-23-9-10(18)6-16(2)7-11(19)13(21)14(22)12(20)8-17/h10-14,17-22H,1,3-9H2,2H3. The highest BCUT2D eigenvalue weighted by Gasteiger charge is 2.30. The third-order valence-corrected chi connectivity index (χ3v) is 3.26. The van der Waals surface area contributed by atoms with Crippen LogP contribution >= 0.6 is 0 Å². The lowest BCUT2D eigenvalue weighted by atomic mass is 10.0. The Bertz CT molecular complexity index is 309. The molecule has 0 saturated carbocycles. The van der Waals surface area contributed by atoms with Crippen molar-refractivity contribution in [1.82, 2.24) is 4.90 Å². The molecule has 9 nitrogen and oxygen atoms in total. The second kappa shape index (κ2) is 12.7. The van der Waals surface area contributed by atoms with Gasteiger partial charge in [0.1, 0.15) is 18.3 Å². The van der Waals surface area contributed by atoms with Crippen LogP contribution in [0.15, 0.2) is 4.99 Å². The predicted molar refractivity (Wildman–Crippen MR) is 84.5 cm³/mol. The van der Waals surface area contributed by atoms with E-state index in [1.165, 1.54) is 0 Å². The van der Waals surface area contributed by atoms with E-state index in [-0.39, 0.29) is 19.7 Å². The lowest BCUT2D eigenvalue weighted by Crippen LogP contribution is -2.50. The summed E-state index contributed by atoms with van der Waals surface area (Å²) in [6.07, 6.45) is -6.19. The number of aliphatic hydroxyl groups is 6. The maximum Gasteiger partial charge on any atom is 0.111 e. The molecule has 0 aliphatic rings. The number of aliphatic hydroxyl groups excluding tert-OH is 6. The Hall–Kier alpha value is -0.650. The number of rotatable bonds is 14. The summed E-state index contributed by atoms with van der Waals surface area (Å²) in [5, 5.41) is 56.8. The maximum absolute atomic E-state index is 9.82. The van der Waals surface area contributed by atoms with Crippen molar-refractivity contribution in [2.75, 3.05) is 46.5 Å². The van der Waals surface area contributed by atoms with Crippen molar-refractivity contribution in [3.8, 4) is 0 Å². The van der Waals surface area contributed by atoms with Crippen molar-refractivity contribution < 1.29 is 35.4 Å². The first-order valence-corrected chi connectivity index (χ1v) is 7.53. The van der Waals surface area contributed by atoms with Gasteiger partial charge in [-0.25, -0.2) is 0 Å². The van der Waals surface area contributed by atoms with Crippen LogP contribution in [0, 0.1) is 0 Å². The predicted octanol–water partition coefficient (Wildman–Crippen LogP) is -3.18. The summed E-state index contributed by atoms with van der Waals surface area (Å²) in [7, 11) is 1.62. The van der Waals surface area contributed by atoms with E-state index in [4.69, 9.17) is 9.84 Å². The van der Waals surface area contributed by atoms with E-state index < -0.39 is 37.1 Å². The molecule has 0 rings (SSSR count). The smallest absolute Gasteiger partial charge is 0.111 e. The Morgan fingerprint density at radius 2 is 1.65 bits per heavy atom. The molecule has 0 aliphatic heterocycles. The first-order chi connectivity index (χ1) is 10.8. The third-order valence-electron chi connectivity index (χ3n) is 3.26. The van der Waals surface area contributed by atoms with Crippen molar-refractivity contribution in [3.63, 3.8) is 0 Å². The van der Waals surface area contributed by atoms with E-state index >= 15 is 0 Å². The number of hydrogen-bond acceptors (Lipinski definition) is 9. The van der Waals surface area contributed by atoms with Gasteiger partial charge in [-0.1, -0.05) is 0 Å². The lowest BCUT2D eigenvalue weighted by molar-refractivity contribution is -0.119. The van der Waals surface area contributed by atoms with E-state index in [0.29, 0.717) is 13.2 Å². The summed E-state index contributed by atoms with van der Waals surface area (Å²) in [6, 6.07) is 0. The summed E-state index contributed by atoms with van der Waals surface area (Å²) in [6.45, 7) is 3.98. The fraction of sp³-hybridized carbons (Fsp3) is 0.929. The Balaban J connectivity index is 4.02. The monoisotopic (exact) mass is 338 g/mol. The Kier molecular flexibility index (Phi) is 12.4. The molecule has 5 atom stereocenters. The van der Waals surface area contributed by atoms with Crippen LogP contribution < -0.4 is 0 Å². The van der Waals surface area contributed by atoms with Crippen LogP contribution in [0.2, 0.25) is 0 Å². The summed E-state index contributed by atoms with van der Waals surface area (Å²) in [5.74, 6) is 0. The summed E-state index contributed by atoms with van der Waals surface area (Å²) < 4.78 is 5.26. The normalized spacial score (nSPS) is 18.4. The second-order valence-corrected chi connectivity index (χ2v) is 5.55. The Labute approximate surface area is 136 Å². The van der Waals surface area contributed by atoms with Crippen LogP contribution in [0.5, 0.6) is 0 Å². The van der Waals surface area contributed by atoms with Crippen LogP contribution in [0.3, 0.4) is 0 Å². The van der Waals surface area contributed by atoms with E-state index in [1.807, 2.05) is 0 Å².